The number of phenols is 2. The van der Waals surface area contributed by atoms with Crippen LogP contribution in [0.5, 0.6) is 17.2 Å². The fraction of sp³-hybridized carbons (Fsp3) is 0.522. The summed E-state index contributed by atoms with van der Waals surface area (Å²) in [7, 11) is 1.47. The summed E-state index contributed by atoms with van der Waals surface area (Å²) < 4.78 is 24.0. The Bertz CT molecular complexity index is 2210. The number of ether oxygens (including phenoxy) is 4. The van der Waals surface area contributed by atoms with Gasteiger partial charge in [0, 0.05) is 87.0 Å². The number of aromatic hydroxyl groups is 2. The number of aliphatic imine (C=N–C) groups is 1. The van der Waals surface area contributed by atoms with Gasteiger partial charge in [0.05, 0.1) is 46.7 Å². The van der Waals surface area contributed by atoms with Crippen LogP contribution in [0.15, 0.2) is 53.8 Å². The van der Waals surface area contributed by atoms with E-state index in [0.29, 0.717) is 18.5 Å². The minimum atomic E-state index is -1.96. The lowest BCUT2D eigenvalue weighted by molar-refractivity contribution is -0.160. The summed E-state index contributed by atoms with van der Waals surface area (Å²) in [5.41, 5.74) is 0.178. The number of benzene rings is 2. The first kappa shape index (κ1) is 45.3. The van der Waals surface area contributed by atoms with Crippen molar-refractivity contribution in [3.05, 3.63) is 59.9 Å². The quantitative estimate of drug-likeness (QED) is 0.0879. The molecule has 0 saturated carbocycles. The maximum atomic E-state index is 14.8. The van der Waals surface area contributed by atoms with Crippen LogP contribution in [0.3, 0.4) is 0 Å². The van der Waals surface area contributed by atoms with E-state index in [0.717, 1.165) is 19.6 Å². The molecule has 2 aromatic carbocycles. The minimum absolute atomic E-state index is 0.0463. The van der Waals surface area contributed by atoms with Crippen molar-refractivity contribution in [2.75, 3.05) is 37.4 Å². The van der Waals surface area contributed by atoms with Gasteiger partial charge in [-0.1, -0.05) is 52.0 Å². The van der Waals surface area contributed by atoms with Gasteiger partial charge in [0.25, 0.3) is 11.7 Å². The number of carbonyl (C=O) groups excluding carboxylic acids is 3. The highest BCUT2D eigenvalue weighted by molar-refractivity contribution is 6.26. The van der Waals surface area contributed by atoms with Gasteiger partial charge in [0.2, 0.25) is 0 Å². The largest absolute Gasteiger partial charge is 0.507 e. The second-order valence-electron chi connectivity index (χ2n) is 17.2. The number of nitrogens with zero attached hydrogens (tertiary/aromatic N) is 2. The molecule has 1 amide bonds. The second-order valence-corrected chi connectivity index (χ2v) is 17.2. The van der Waals surface area contributed by atoms with Crippen molar-refractivity contribution in [2.24, 2.45) is 28.7 Å². The maximum Gasteiger partial charge on any atom is 0.312 e. The molecule has 4 aliphatic heterocycles. The number of fused-ring (bicyclic) bond motifs is 1. The Kier molecular flexibility index (Phi) is 13.1. The van der Waals surface area contributed by atoms with E-state index in [-0.39, 0.29) is 50.3 Å². The fourth-order valence-electron chi connectivity index (χ4n) is 9.02. The van der Waals surface area contributed by atoms with Gasteiger partial charge in [-0.2, -0.15) is 0 Å². The lowest BCUT2D eigenvalue weighted by Gasteiger charge is -2.42. The van der Waals surface area contributed by atoms with E-state index in [2.05, 4.69) is 22.1 Å². The summed E-state index contributed by atoms with van der Waals surface area (Å²) in [4.78, 5) is 48.2. The standard InChI is InChI=1S/C46H60N4O11/c1-11-18-50-19-16-46(17-20-50)22-47-35-34(49-46)31-32-39(54)28(7)42-33(31)43(56)45(9,61-42)59-21-15-30(58-10)25(4)41(60-29(8)51)27(6)38(53)26(5)37(52)23(2)13-12-14-24(3)44(57)48-36(35)40(32)55/h11-15,21-23,25-27,30,37-38,41,49,52-55H,1,16-20H2,2-10H3,(H,48,57)/t23-,25+,26+,27+,30-,37-,38+,41+,45-/m0/s1. The molecule has 1 spiro atoms. The van der Waals surface area contributed by atoms with Gasteiger partial charge >= 0.3 is 11.8 Å². The number of hydrogen-bond donors (Lipinski definition) is 6. The molecule has 0 aromatic heterocycles. The number of allylic oxidation sites excluding steroid dienone is 2. The van der Waals surface area contributed by atoms with Crippen LogP contribution in [0.25, 0.3) is 10.8 Å². The highest BCUT2D eigenvalue weighted by Gasteiger charge is 2.50. The number of hydrogen-bond acceptors (Lipinski definition) is 14. The van der Waals surface area contributed by atoms with Gasteiger partial charge < -0.3 is 50.0 Å². The molecule has 15 heteroatoms. The Morgan fingerprint density at radius 3 is 2.34 bits per heavy atom. The predicted octanol–water partition coefficient (Wildman–Crippen LogP) is 6.20. The van der Waals surface area contributed by atoms with Crippen molar-refractivity contribution in [1.82, 2.24) is 4.90 Å². The molecule has 1 fully saturated rings. The Labute approximate surface area is 356 Å². The fourth-order valence-corrected chi connectivity index (χ4v) is 9.02. The zero-order chi connectivity index (χ0) is 44.7. The highest BCUT2D eigenvalue weighted by Crippen LogP contribution is 2.58. The molecule has 61 heavy (non-hydrogen) atoms. The van der Waals surface area contributed by atoms with Crippen LogP contribution >= 0.6 is 0 Å². The predicted molar refractivity (Wildman–Crippen MR) is 233 cm³/mol. The number of esters is 1. The van der Waals surface area contributed by atoms with Gasteiger partial charge in [-0.3, -0.25) is 24.3 Å². The first-order valence-electron chi connectivity index (χ1n) is 20.8. The van der Waals surface area contributed by atoms with E-state index in [9.17, 15) is 34.8 Å². The van der Waals surface area contributed by atoms with Gasteiger partial charge in [-0.25, -0.2) is 0 Å². The van der Waals surface area contributed by atoms with Gasteiger partial charge in [0.15, 0.2) is 5.75 Å². The number of anilines is 2. The number of carbonyl (C=O) groups is 3. The number of rotatable bonds is 4. The third-order valence-corrected chi connectivity index (χ3v) is 12.9. The first-order valence-corrected chi connectivity index (χ1v) is 20.8. The zero-order valence-electron chi connectivity index (χ0n) is 36.4. The summed E-state index contributed by atoms with van der Waals surface area (Å²) >= 11 is 0. The van der Waals surface area contributed by atoms with E-state index in [4.69, 9.17) is 23.9 Å². The number of amides is 1. The molecule has 0 aliphatic carbocycles. The molecule has 6 N–H and O–H groups in total. The number of aliphatic hydroxyl groups is 2. The van der Waals surface area contributed by atoms with Crippen molar-refractivity contribution in [1.29, 1.82) is 0 Å². The topological polar surface area (TPSA) is 209 Å². The van der Waals surface area contributed by atoms with Gasteiger partial charge in [0.1, 0.15) is 29.0 Å². The molecular formula is C46H60N4O11. The van der Waals surface area contributed by atoms with Crippen molar-refractivity contribution in [3.8, 4) is 17.2 Å². The number of ketones is 1. The molecule has 4 aliphatic rings. The number of phenolic OH excluding ortho intramolecular Hbond substituents is 2. The third kappa shape index (κ3) is 8.40. The Morgan fingerprint density at radius 2 is 1.70 bits per heavy atom. The number of piperidine rings is 1. The van der Waals surface area contributed by atoms with Crippen LogP contribution in [0, 0.1) is 30.6 Å². The molecule has 9 atom stereocenters. The summed E-state index contributed by atoms with van der Waals surface area (Å²) in [6.07, 6.45) is 8.82. The van der Waals surface area contributed by atoms with E-state index < -0.39 is 82.8 Å². The monoisotopic (exact) mass is 844 g/mol. The Balaban J connectivity index is 1.53. The average molecular weight is 845 g/mol. The summed E-state index contributed by atoms with van der Waals surface area (Å²) in [5.74, 6) is -6.93. The van der Waals surface area contributed by atoms with Crippen LogP contribution in [0.4, 0.5) is 17.1 Å². The van der Waals surface area contributed by atoms with Crippen LogP contribution in [0.2, 0.25) is 0 Å². The number of likely N-dealkylation sites (tertiary alicyclic amines) is 1. The smallest absolute Gasteiger partial charge is 0.312 e. The molecule has 6 rings (SSSR count). The van der Waals surface area contributed by atoms with Crippen LogP contribution < -0.4 is 15.4 Å². The maximum absolute atomic E-state index is 14.8. The molecule has 330 valence electrons. The molecular weight excluding hydrogens is 785 g/mol. The Hall–Kier alpha value is -5.22. The highest BCUT2D eigenvalue weighted by atomic mass is 16.7. The van der Waals surface area contributed by atoms with Crippen LogP contribution in [0.1, 0.15) is 77.2 Å². The van der Waals surface area contributed by atoms with Crippen molar-refractivity contribution in [3.63, 3.8) is 0 Å². The SMILES string of the molecule is C=CCN1CCC2(C=Nc3c4c(O)c5c(O)c(C)c6c(c5c3N2)C(=O)[C@@](C)(OC=C[C@H](OC)[C@@H](C)[C@@H](OC(C)=O)[C@H](C)[C@H](O)[C@H](C)[C@@H](O)[C@@H](C)C=CC=C(C)C(=O)N4)O6)CC1. The lowest BCUT2D eigenvalue weighted by atomic mass is 9.78. The van der Waals surface area contributed by atoms with E-state index in [1.165, 1.54) is 27.2 Å². The molecule has 15 nitrogen and oxygen atoms in total. The number of Topliss-reactive ketones (excluding diaryl/α,β-unsaturated/α-hetero) is 1. The van der Waals surface area contributed by atoms with Crippen LogP contribution in [-0.4, -0.2) is 112 Å². The van der Waals surface area contributed by atoms with Gasteiger partial charge in [-0.15, -0.1) is 6.58 Å². The summed E-state index contributed by atoms with van der Waals surface area (Å²) in [6, 6.07) is 0. The number of methoxy groups -OCH3 is 1. The van der Waals surface area contributed by atoms with Crippen molar-refractivity contribution < 1.29 is 53.8 Å². The number of nitrogens with one attached hydrogen (secondary N) is 2. The van der Waals surface area contributed by atoms with Gasteiger partial charge in [-0.05, 0) is 32.8 Å². The molecule has 0 radical (unpaired) electrons. The zero-order valence-corrected chi connectivity index (χ0v) is 36.4. The summed E-state index contributed by atoms with van der Waals surface area (Å²) in [6.45, 7) is 18.9. The average Bonchev–Trinajstić information content (AvgIpc) is 3.49. The Morgan fingerprint density at radius 1 is 1.02 bits per heavy atom. The molecule has 4 heterocycles. The van der Waals surface area contributed by atoms with E-state index in [1.54, 1.807) is 72.1 Å². The van der Waals surface area contributed by atoms with E-state index in [1.807, 2.05) is 6.08 Å². The first-order chi connectivity index (χ1) is 28.8. The molecule has 1 saturated heterocycles. The molecule has 2 aromatic rings. The molecule has 4 bridgehead atoms. The van der Waals surface area contributed by atoms with Crippen LogP contribution in [-0.2, 0) is 23.8 Å². The van der Waals surface area contributed by atoms with Crippen molar-refractivity contribution in [2.45, 2.75) is 104 Å². The minimum Gasteiger partial charge on any atom is -0.507 e. The summed E-state index contributed by atoms with van der Waals surface area (Å²) in [5, 5.41) is 53.4. The number of aliphatic hydroxyl groups excluding tert-OH is 2. The lowest BCUT2D eigenvalue weighted by Crippen LogP contribution is -2.51. The normalized spacial score (nSPS) is 30.6. The van der Waals surface area contributed by atoms with Crippen molar-refractivity contribution >= 4 is 51.7 Å². The van der Waals surface area contributed by atoms with E-state index >= 15 is 0 Å². The second kappa shape index (κ2) is 17.6. The third-order valence-electron chi connectivity index (χ3n) is 12.9. The molecule has 0 unspecified atom stereocenters.